The maximum atomic E-state index is 9.92. The minimum Gasteiger partial charge on any atom is -0.341 e. The fourth-order valence-corrected chi connectivity index (χ4v) is 4.09. The fraction of sp³-hybridized carbons (Fsp3) is 0.579. The number of piperidine rings is 1. The van der Waals surface area contributed by atoms with Gasteiger partial charge in [-0.25, -0.2) is 15.0 Å². The lowest BCUT2D eigenvalue weighted by Crippen LogP contribution is -2.34. The number of nitrogens with zero attached hydrogens (tertiary/aromatic N) is 4. The van der Waals surface area contributed by atoms with Crippen LogP contribution in [-0.4, -0.2) is 45.6 Å². The Morgan fingerprint density at radius 1 is 1.15 bits per heavy atom. The van der Waals surface area contributed by atoms with Crippen molar-refractivity contribution in [2.45, 2.75) is 45.4 Å². The van der Waals surface area contributed by atoms with Crippen LogP contribution in [0.1, 0.15) is 48.9 Å². The molecular formula is C19H26Cl2N4OS. The predicted octanol–water partition coefficient (Wildman–Crippen LogP) is 4.48. The highest BCUT2D eigenvalue weighted by molar-refractivity contribution is 7.09. The summed E-state index contributed by atoms with van der Waals surface area (Å²) < 4.78 is 0. The number of aromatic nitrogens is 3. The lowest BCUT2D eigenvalue weighted by atomic mass is 9.98. The second-order valence-corrected chi connectivity index (χ2v) is 7.77. The van der Waals surface area contributed by atoms with Crippen molar-refractivity contribution >= 4 is 46.3 Å². The summed E-state index contributed by atoms with van der Waals surface area (Å²) in [6.07, 6.45) is 8.22. The van der Waals surface area contributed by atoms with E-state index in [0.717, 1.165) is 44.7 Å². The predicted molar refractivity (Wildman–Crippen MR) is 114 cm³/mol. The van der Waals surface area contributed by atoms with Crippen LogP contribution < -0.4 is 4.90 Å². The fourth-order valence-electron chi connectivity index (χ4n) is 2.73. The Kier molecular flexibility index (Phi) is 9.45. The Morgan fingerprint density at radius 2 is 1.78 bits per heavy atom. The third kappa shape index (κ3) is 6.70. The average molecular weight is 429 g/mol. The van der Waals surface area contributed by atoms with Gasteiger partial charge < -0.3 is 4.90 Å². The largest absolute Gasteiger partial charge is 0.341 e. The van der Waals surface area contributed by atoms with E-state index < -0.39 is 0 Å². The van der Waals surface area contributed by atoms with Crippen molar-refractivity contribution in [1.29, 1.82) is 0 Å². The first-order valence-electron chi connectivity index (χ1n) is 9.24. The van der Waals surface area contributed by atoms with E-state index in [2.05, 4.69) is 34.1 Å². The molecule has 1 saturated heterocycles. The molecule has 0 atom stereocenters. The molecule has 1 aliphatic rings. The van der Waals surface area contributed by atoms with Crippen molar-refractivity contribution in [1.82, 2.24) is 15.0 Å². The third-order valence-electron chi connectivity index (χ3n) is 4.46. The molecule has 27 heavy (non-hydrogen) atoms. The van der Waals surface area contributed by atoms with Crippen LogP contribution in [0.4, 0.5) is 5.95 Å². The minimum atomic E-state index is -0.127. The van der Waals surface area contributed by atoms with Gasteiger partial charge in [-0.1, -0.05) is 13.8 Å². The second-order valence-electron chi connectivity index (χ2n) is 6.34. The second kappa shape index (κ2) is 11.6. The summed E-state index contributed by atoms with van der Waals surface area (Å²) in [7, 11) is 0. The SMILES string of the molecule is CCc1cnc(N2CCC(c3nc(CC)cs3)CC2)nc1.O=C(CCl)CCl. The molecule has 8 heteroatoms. The Morgan fingerprint density at radius 3 is 2.22 bits per heavy atom. The number of ketones is 1. The van der Waals surface area contributed by atoms with Crippen molar-refractivity contribution in [3.8, 4) is 0 Å². The lowest BCUT2D eigenvalue weighted by Gasteiger charge is -2.31. The molecule has 0 saturated carbocycles. The van der Waals surface area contributed by atoms with Gasteiger partial charge in [0.05, 0.1) is 22.5 Å². The highest BCUT2D eigenvalue weighted by atomic mass is 35.5. The quantitative estimate of drug-likeness (QED) is 0.634. The smallest absolute Gasteiger partial charge is 0.225 e. The highest BCUT2D eigenvalue weighted by Crippen LogP contribution is 2.31. The summed E-state index contributed by atoms with van der Waals surface area (Å²) in [4.78, 5) is 25.9. The number of aryl methyl sites for hydroxylation is 2. The van der Waals surface area contributed by atoms with Crippen LogP contribution in [0, 0.1) is 0 Å². The van der Waals surface area contributed by atoms with Gasteiger partial charge >= 0.3 is 0 Å². The van der Waals surface area contributed by atoms with Crippen LogP contribution in [0.3, 0.4) is 0 Å². The Bertz CT molecular complexity index is 694. The number of rotatable bonds is 6. The molecule has 0 amide bonds. The molecular weight excluding hydrogens is 403 g/mol. The first-order chi connectivity index (χ1) is 13.1. The van der Waals surface area contributed by atoms with Gasteiger partial charge in [-0.15, -0.1) is 34.5 Å². The summed E-state index contributed by atoms with van der Waals surface area (Å²) in [5, 5.41) is 3.52. The average Bonchev–Trinajstić information content (AvgIpc) is 3.23. The number of halogens is 2. The van der Waals surface area contributed by atoms with Gasteiger partial charge in [0.25, 0.3) is 0 Å². The molecule has 1 fully saturated rings. The number of hydrogen-bond acceptors (Lipinski definition) is 6. The molecule has 3 rings (SSSR count). The molecule has 0 bridgehead atoms. The zero-order valence-electron chi connectivity index (χ0n) is 15.8. The third-order valence-corrected chi connectivity index (χ3v) is 6.11. The minimum absolute atomic E-state index is 0.0312. The van der Waals surface area contributed by atoms with Gasteiger partial charge in [0.15, 0.2) is 5.78 Å². The van der Waals surface area contributed by atoms with E-state index in [0.29, 0.717) is 5.92 Å². The zero-order chi connectivity index (χ0) is 19.6. The van der Waals surface area contributed by atoms with Crippen molar-refractivity contribution in [3.63, 3.8) is 0 Å². The van der Waals surface area contributed by atoms with Crippen molar-refractivity contribution in [2.75, 3.05) is 29.7 Å². The Hall–Kier alpha value is -1.24. The molecule has 0 radical (unpaired) electrons. The van der Waals surface area contributed by atoms with Crippen LogP contribution in [0.25, 0.3) is 0 Å². The molecule has 2 aromatic rings. The molecule has 1 aliphatic heterocycles. The van der Waals surface area contributed by atoms with E-state index in [1.807, 2.05) is 23.7 Å². The van der Waals surface area contributed by atoms with Gasteiger partial charge in [0.1, 0.15) is 0 Å². The van der Waals surface area contributed by atoms with E-state index in [9.17, 15) is 4.79 Å². The van der Waals surface area contributed by atoms with Crippen LogP contribution in [-0.2, 0) is 17.6 Å². The van der Waals surface area contributed by atoms with Crippen LogP contribution >= 0.6 is 34.5 Å². The summed E-state index contributed by atoms with van der Waals surface area (Å²) >= 11 is 11.9. The van der Waals surface area contributed by atoms with E-state index in [4.69, 9.17) is 28.2 Å². The normalized spacial score (nSPS) is 14.6. The standard InChI is InChI=1S/C16H22N4S.C3H4Cl2O/c1-3-12-9-17-16(18-10-12)20-7-5-13(6-8-20)15-19-14(4-2)11-21-15;4-1-3(6)2-5/h9-11,13H,3-8H2,1-2H3;1-2H2. The van der Waals surface area contributed by atoms with Crippen molar-refractivity contribution in [2.24, 2.45) is 0 Å². The van der Waals surface area contributed by atoms with E-state index >= 15 is 0 Å². The highest BCUT2D eigenvalue weighted by Gasteiger charge is 2.24. The first kappa shape index (κ1) is 22.1. The molecule has 0 unspecified atom stereocenters. The molecule has 0 aromatic carbocycles. The van der Waals surface area contributed by atoms with E-state index in [1.54, 1.807) is 0 Å². The van der Waals surface area contributed by atoms with Gasteiger partial charge in [-0.2, -0.15) is 0 Å². The summed E-state index contributed by atoms with van der Waals surface area (Å²) in [5.41, 5.74) is 2.43. The molecule has 148 valence electrons. The van der Waals surface area contributed by atoms with E-state index in [1.165, 1.54) is 16.3 Å². The van der Waals surface area contributed by atoms with Gasteiger partial charge in [-0.05, 0) is 31.2 Å². The Balaban J connectivity index is 0.000000380. The molecule has 0 aliphatic carbocycles. The van der Waals surface area contributed by atoms with Gasteiger partial charge in [0, 0.05) is 36.8 Å². The molecule has 5 nitrogen and oxygen atoms in total. The topological polar surface area (TPSA) is 59.0 Å². The summed E-state index contributed by atoms with van der Waals surface area (Å²) in [5.74, 6) is 1.42. The molecule has 0 N–H and O–H groups in total. The van der Waals surface area contributed by atoms with Crippen molar-refractivity contribution < 1.29 is 4.79 Å². The van der Waals surface area contributed by atoms with Gasteiger partial charge in [-0.3, -0.25) is 4.79 Å². The zero-order valence-corrected chi connectivity index (χ0v) is 18.2. The Labute approximate surface area is 175 Å². The maximum absolute atomic E-state index is 9.92. The number of carbonyl (C=O) groups is 1. The van der Waals surface area contributed by atoms with Crippen LogP contribution in [0.15, 0.2) is 17.8 Å². The first-order valence-corrected chi connectivity index (χ1v) is 11.2. The summed E-state index contributed by atoms with van der Waals surface area (Å²) in [6, 6.07) is 0. The number of hydrogen-bond donors (Lipinski definition) is 0. The lowest BCUT2D eigenvalue weighted by molar-refractivity contribution is -0.114. The number of anilines is 1. The van der Waals surface area contributed by atoms with E-state index in [-0.39, 0.29) is 17.5 Å². The van der Waals surface area contributed by atoms with Crippen LogP contribution in [0.2, 0.25) is 0 Å². The monoisotopic (exact) mass is 428 g/mol. The number of thiazole rings is 1. The molecule has 2 aromatic heterocycles. The van der Waals surface area contributed by atoms with Crippen molar-refractivity contribution in [3.05, 3.63) is 34.0 Å². The number of alkyl halides is 2. The van der Waals surface area contributed by atoms with Gasteiger partial charge in [0.2, 0.25) is 5.95 Å². The molecule has 3 heterocycles. The number of Topliss-reactive ketones (excluding diaryl/α,β-unsaturated/α-hetero) is 1. The maximum Gasteiger partial charge on any atom is 0.225 e. The summed E-state index contributed by atoms with van der Waals surface area (Å²) in [6.45, 7) is 6.34. The number of carbonyl (C=O) groups excluding carboxylic acids is 1. The van der Waals surface area contributed by atoms with Crippen LogP contribution in [0.5, 0.6) is 0 Å². The molecule has 0 spiro atoms.